The van der Waals surface area contributed by atoms with Gasteiger partial charge in [0, 0.05) is 24.2 Å². The summed E-state index contributed by atoms with van der Waals surface area (Å²) in [6.45, 7) is 8.24. The first kappa shape index (κ1) is 21.6. The molecule has 1 aliphatic heterocycles. The van der Waals surface area contributed by atoms with Gasteiger partial charge in [-0.05, 0) is 58.7 Å². The van der Waals surface area contributed by atoms with Crippen molar-refractivity contribution in [2.75, 3.05) is 13.1 Å². The number of ether oxygens (including phenoxy) is 2. The van der Waals surface area contributed by atoms with Gasteiger partial charge in [0.1, 0.15) is 11.4 Å². The SMILES string of the molecule is CC(Oc1ccc(Cl)cc1Cl)C(=O)N1CCC(NC(=O)OC(C)(C)C)CC1. The van der Waals surface area contributed by atoms with E-state index in [0.29, 0.717) is 41.7 Å². The summed E-state index contributed by atoms with van der Waals surface area (Å²) in [6, 6.07) is 4.87. The molecule has 0 saturated carbocycles. The molecule has 2 rings (SSSR count). The molecule has 2 amide bonds. The zero-order valence-corrected chi connectivity index (χ0v) is 17.6. The molecule has 0 radical (unpaired) electrons. The lowest BCUT2D eigenvalue weighted by molar-refractivity contribution is -0.139. The van der Waals surface area contributed by atoms with E-state index >= 15 is 0 Å². The van der Waals surface area contributed by atoms with Crippen LogP contribution >= 0.6 is 23.2 Å². The van der Waals surface area contributed by atoms with E-state index in [9.17, 15) is 9.59 Å². The minimum Gasteiger partial charge on any atom is -0.479 e. The fourth-order valence-electron chi connectivity index (χ4n) is 2.79. The fourth-order valence-corrected chi connectivity index (χ4v) is 3.24. The van der Waals surface area contributed by atoms with Crippen LogP contribution in [0, 0.1) is 0 Å². The monoisotopic (exact) mass is 416 g/mol. The van der Waals surface area contributed by atoms with E-state index in [1.807, 2.05) is 20.8 Å². The quantitative estimate of drug-likeness (QED) is 0.794. The van der Waals surface area contributed by atoms with Gasteiger partial charge in [-0.15, -0.1) is 0 Å². The van der Waals surface area contributed by atoms with Gasteiger partial charge in [0.05, 0.1) is 5.02 Å². The minimum absolute atomic E-state index is 0.00849. The number of likely N-dealkylation sites (tertiary alicyclic amines) is 1. The summed E-state index contributed by atoms with van der Waals surface area (Å²) in [6.07, 6.45) is 0.235. The predicted molar refractivity (Wildman–Crippen MR) is 106 cm³/mol. The Morgan fingerprint density at radius 2 is 1.85 bits per heavy atom. The van der Waals surface area contributed by atoms with E-state index in [-0.39, 0.29) is 11.9 Å². The molecule has 0 bridgehead atoms. The molecule has 1 N–H and O–H groups in total. The molecule has 0 spiro atoms. The normalized spacial score (nSPS) is 16.6. The van der Waals surface area contributed by atoms with Crippen molar-refractivity contribution in [3.8, 4) is 5.75 Å². The second kappa shape index (κ2) is 9.02. The smallest absolute Gasteiger partial charge is 0.407 e. The van der Waals surface area contributed by atoms with Gasteiger partial charge in [0.2, 0.25) is 0 Å². The topological polar surface area (TPSA) is 67.9 Å². The first-order chi connectivity index (χ1) is 12.5. The molecule has 8 heteroatoms. The van der Waals surface area contributed by atoms with E-state index in [2.05, 4.69) is 5.32 Å². The van der Waals surface area contributed by atoms with Crippen LogP contribution in [-0.2, 0) is 9.53 Å². The molecule has 1 aromatic carbocycles. The number of halogens is 2. The van der Waals surface area contributed by atoms with Crippen LogP contribution in [0.1, 0.15) is 40.5 Å². The summed E-state index contributed by atoms with van der Waals surface area (Å²) < 4.78 is 11.0. The van der Waals surface area contributed by atoms with Crippen molar-refractivity contribution >= 4 is 35.2 Å². The standard InChI is InChI=1S/C19H26Cl2N2O4/c1-12(26-16-6-5-13(20)11-15(16)21)17(24)23-9-7-14(8-10-23)22-18(25)27-19(2,3)4/h5-6,11-12,14H,7-10H2,1-4H3,(H,22,25). The second-order valence-corrected chi connectivity index (χ2v) is 8.42. The summed E-state index contributed by atoms with van der Waals surface area (Å²) in [7, 11) is 0. The van der Waals surface area contributed by atoms with Gasteiger partial charge >= 0.3 is 6.09 Å². The maximum Gasteiger partial charge on any atom is 0.407 e. The number of nitrogens with one attached hydrogen (secondary N) is 1. The molecule has 1 aromatic rings. The van der Waals surface area contributed by atoms with Gasteiger partial charge in [0.25, 0.3) is 5.91 Å². The zero-order chi connectivity index (χ0) is 20.2. The molecule has 150 valence electrons. The number of carbonyl (C=O) groups excluding carboxylic acids is 2. The Labute approximate surface area is 170 Å². The lowest BCUT2D eigenvalue weighted by Gasteiger charge is -2.34. The van der Waals surface area contributed by atoms with Crippen LogP contribution in [0.25, 0.3) is 0 Å². The number of hydrogen-bond donors (Lipinski definition) is 1. The van der Waals surface area contributed by atoms with Gasteiger partial charge in [0.15, 0.2) is 6.10 Å². The van der Waals surface area contributed by atoms with Gasteiger partial charge in [-0.3, -0.25) is 4.79 Å². The Morgan fingerprint density at radius 3 is 2.41 bits per heavy atom. The van der Waals surface area contributed by atoms with Crippen LogP contribution in [0.4, 0.5) is 4.79 Å². The number of benzene rings is 1. The number of amides is 2. The van der Waals surface area contributed by atoms with Crippen molar-refractivity contribution in [1.29, 1.82) is 0 Å². The van der Waals surface area contributed by atoms with Crippen LogP contribution in [0.3, 0.4) is 0 Å². The number of nitrogens with zero attached hydrogens (tertiary/aromatic N) is 1. The van der Waals surface area contributed by atoms with Crippen molar-refractivity contribution in [2.24, 2.45) is 0 Å². The average molecular weight is 417 g/mol. The molecule has 6 nitrogen and oxygen atoms in total. The van der Waals surface area contributed by atoms with Gasteiger partial charge < -0.3 is 19.7 Å². The van der Waals surface area contributed by atoms with Crippen LogP contribution in [0.15, 0.2) is 18.2 Å². The third-order valence-electron chi connectivity index (χ3n) is 4.07. The number of alkyl carbamates (subject to hydrolysis) is 1. The number of piperidine rings is 1. The maximum absolute atomic E-state index is 12.6. The van der Waals surface area contributed by atoms with Gasteiger partial charge in [-0.25, -0.2) is 4.79 Å². The summed E-state index contributed by atoms with van der Waals surface area (Å²) in [5.74, 6) is 0.306. The summed E-state index contributed by atoms with van der Waals surface area (Å²) in [5, 5.41) is 3.73. The Hall–Kier alpha value is -1.66. The van der Waals surface area contributed by atoms with Gasteiger partial charge in [-0.1, -0.05) is 23.2 Å². The Bertz CT molecular complexity index is 683. The summed E-state index contributed by atoms with van der Waals surface area (Å²) in [4.78, 5) is 26.2. The molecule has 1 atom stereocenters. The molecular formula is C19H26Cl2N2O4. The van der Waals surface area contributed by atoms with Crippen LogP contribution in [-0.4, -0.2) is 47.7 Å². The Kier molecular flexibility index (Phi) is 7.23. The van der Waals surface area contributed by atoms with E-state index in [4.69, 9.17) is 32.7 Å². The predicted octanol–water partition coefficient (Wildman–Crippen LogP) is 4.28. The number of rotatable bonds is 4. The highest BCUT2D eigenvalue weighted by Crippen LogP contribution is 2.28. The molecule has 1 unspecified atom stereocenters. The minimum atomic E-state index is -0.668. The molecule has 1 aliphatic rings. The Balaban J connectivity index is 1.82. The van der Waals surface area contributed by atoms with Crippen LogP contribution in [0.2, 0.25) is 10.0 Å². The van der Waals surface area contributed by atoms with E-state index in [0.717, 1.165) is 0 Å². The lowest BCUT2D eigenvalue weighted by Crippen LogP contribution is -2.50. The van der Waals surface area contributed by atoms with Crippen molar-refractivity contribution in [3.05, 3.63) is 28.2 Å². The van der Waals surface area contributed by atoms with E-state index < -0.39 is 17.8 Å². The molecular weight excluding hydrogens is 391 g/mol. The summed E-state index contributed by atoms with van der Waals surface area (Å²) in [5.41, 5.74) is -0.531. The lowest BCUT2D eigenvalue weighted by atomic mass is 10.0. The first-order valence-electron chi connectivity index (χ1n) is 8.95. The number of carbonyl (C=O) groups is 2. The maximum atomic E-state index is 12.6. The summed E-state index contributed by atoms with van der Waals surface area (Å²) >= 11 is 12.0. The average Bonchev–Trinajstić information content (AvgIpc) is 2.55. The molecule has 27 heavy (non-hydrogen) atoms. The van der Waals surface area contributed by atoms with Gasteiger partial charge in [-0.2, -0.15) is 0 Å². The highest BCUT2D eigenvalue weighted by atomic mass is 35.5. The molecule has 1 saturated heterocycles. The van der Waals surface area contributed by atoms with Crippen molar-refractivity contribution in [2.45, 2.75) is 58.3 Å². The van der Waals surface area contributed by atoms with Crippen molar-refractivity contribution in [3.63, 3.8) is 0 Å². The molecule has 1 fully saturated rings. The Morgan fingerprint density at radius 1 is 1.22 bits per heavy atom. The third-order valence-corrected chi connectivity index (χ3v) is 4.60. The van der Waals surface area contributed by atoms with Crippen LogP contribution < -0.4 is 10.1 Å². The highest BCUT2D eigenvalue weighted by Gasteiger charge is 2.29. The van der Waals surface area contributed by atoms with E-state index in [1.165, 1.54) is 0 Å². The third kappa shape index (κ3) is 6.78. The second-order valence-electron chi connectivity index (χ2n) is 7.58. The largest absolute Gasteiger partial charge is 0.479 e. The van der Waals surface area contributed by atoms with Crippen LogP contribution in [0.5, 0.6) is 5.75 Å². The molecule has 0 aliphatic carbocycles. The van der Waals surface area contributed by atoms with Crippen molar-refractivity contribution < 1.29 is 19.1 Å². The first-order valence-corrected chi connectivity index (χ1v) is 9.71. The van der Waals surface area contributed by atoms with Crippen molar-refractivity contribution in [1.82, 2.24) is 10.2 Å². The highest BCUT2D eigenvalue weighted by molar-refractivity contribution is 6.35. The molecule has 0 aromatic heterocycles. The van der Waals surface area contributed by atoms with E-state index in [1.54, 1.807) is 30.0 Å². The number of hydrogen-bond acceptors (Lipinski definition) is 4. The zero-order valence-electron chi connectivity index (χ0n) is 16.1. The fraction of sp³-hybridized carbons (Fsp3) is 0.579. The molecule has 1 heterocycles.